The normalized spacial score (nSPS) is 9.79. The van der Waals surface area contributed by atoms with E-state index in [0.29, 0.717) is 12.2 Å². The van der Waals surface area contributed by atoms with Crippen LogP contribution in [0.4, 0.5) is 5.69 Å². The molecule has 1 rings (SSSR count). The van der Waals surface area contributed by atoms with Gasteiger partial charge in [-0.3, -0.25) is 4.79 Å². The summed E-state index contributed by atoms with van der Waals surface area (Å²) in [7, 11) is 0. The van der Waals surface area contributed by atoms with Crippen LogP contribution in [-0.4, -0.2) is 25.7 Å². The van der Waals surface area contributed by atoms with Crippen LogP contribution in [0.2, 0.25) is 0 Å². The van der Waals surface area contributed by atoms with E-state index in [0.717, 1.165) is 23.1 Å². The van der Waals surface area contributed by atoms with Crippen LogP contribution in [0.5, 0.6) is 0 Å². The Hall–Kier alpha value is -1.54. The second kappa shape index (κ2) is 7.80. The smallest absolute Gasteiger partial charge is 0.325 e. The molecular formula is C14H17BrN2O2. The number of anilines is 1. The minimum absolute atomic E-state index is 0.214. The Morgan fingerprint density at radius 1 is 1.47 bits per heavy atom. The van der Waals surface area contributed by atoms with Crippen molar-refractivity contribution in [3.05, 3.63) is 28.2 Å². The van der Waals surface area contributed by atoms with Gasteiger partial charge in [-0.2, -0.15) is 5.26 Å². The lowest BCUT2D eigenvalue weighted by atomic mass is 10.2. The molecule has 0 N–H and O–H groups in total. The molecule has 0 bridgehead atoms. The molecule has 0 amide bonds. The van der Waals surface area contributed by atoms with Gasteiger partial charge in [0.15, 0.2) is 0 Å². The average molecular weight is 325 g/mol. The van der Waals surface area contributed by atoms with Gasteiger partial charge in [0, 0.05) is 11.0 Å². The first kappa shape index (κ1) is 15.5. The number of halogens is 1. The van der Waals surface area contributed by atoms with Gasteiger partial charge in [0.05, 0.1) is 23.9 Å². The molecule has 0 atom stereocenters. The van der Waals surface area contributed by atoms with E-state index >= 15 is 0 Å². The molecule has 102 valence electrons. The topological polar surface area (TPSA) is 53.3 Å². The van der Waals surface area contributed by atoms with Crippen LogP contribution >= 0.6 is 15.9 Å². The van der Waals surface area contributed by atoms with Crippen molar-refractivity contribution < 1.29 is 9.53 Å². The number of nitriles is 1. The summed E-state index contributed by atoms with van der Waals surface area (Å²) in [5, 5.41) is 8.85. The Kier molecular flexibility index (Phi) is 6.37. The first-order valence-electron chi connectivity index (χ1n) is 6.22. The fourth-order valence-electron chi connectivity index (χ4n) is 1.75. The van der Waals surface area contributed by atoms with Crippen LogP contribution in [0, 0.1) is 11.3 Å². The van der Waals surface area contributed by atoms with Gasteiger partial charge in [0.2, 0.25) is 0 Å². The zero-order valence-corrected chi connectivity index (χ0v) is 12.7. The third-order valence-electron chi connectivity index (χ3n) is 2.54. The third-order valence-corrected chi connectivity index (χ3v) is 3.17. The van der Waals surface area contributed by atoms with Crippen molar-refractivity contribution in [3.63, 3.8) is 0 Å². The number of benzene rings is 1. The first-order chi connectivity index (χ1) is 9.12. The quantitative estimate of drug-likeness (QED) is 0.754. The lowest BCUT2D eigenvalue weighted by molar-refractivity contribution is -0.141. The number of carbonyl (C=O) groups excluding carboxylic acids is 1. The SMILES string of the molecule is CCCN(CC(=O)OCC)c1ccc(C#N)cc1Br. The number of hydrogen-bond donors (Lipinski definition) is 0. The standard InChI is InChI=1S/C14H17BrN2O2/c1-3-7-17(10-14(18)19-4-2)13-6-5-11(9-16)8-12(13)15/h5-6,8H,3-4,7,10H2,1-2H3. The number of nitrogens with zero attached hydrogens (tertiary/aromatic N) is 2. The molecule has 4 nitrogen and oxygen atoms in total. The van der Waals surface area contributed by atoms with Crippen molar-refractivity contribution in [1.29, 1.82) is 5.26 Å². The molecule has 0 heterocycles. The molecule has 0 fully saturated rings. The predicted octanol–water partition coefficient (Wildman–Crippen LogP) is 3.10. The molecule has 19 heavy (non-hydrogen) atoms. The lowest BCUT2D eigenvalue weighted by Gasteiger charge is -2.24. The molecule has 5 heteroatoms. The predicted molar refractivity (Wildman–Crippen MR) is 78.0 cm³/mol. The Balaban J connectivity index is 2.92. The molecule has 0 spiro atoms. The maximum absolute atomic E-state index is 11.6. The van der Waals surface area contributed by atoms with Crippen molar-refractivity contribution in [1.82, 2.24) is 0 Å². The van der Waals surface area contributed by atoms with E-state index in [1.807, 2.05) is 11.0 Å². The highest BCUT2D eigenvalue weighted by atomic mass is 79.9. The molecule has 0 aliphatic carbocycles. The van der Waals surface area contributed by atoms with Crippen LogP contribution in [0.15, 0.2) is 22.7 Å². The molecule has 0 aromatic heterocycles. The fraction of sp³-hybridized carbons (Fsp3) is 0.429. The van der Waals surface area contributed by atoms with Gasteiger partial charge in [0.25, 0.3) is 0 Å². The van der Waals surface area contributed by atoms with Crippen LogP contribution in [-0.2, 0) is 9.53 Å². The highest BCUT2D eigenvalue weighted by Crippen LogP contribution is 2.27. The van der Waals surface area contributed by atoms with E-state index in [2.05, 4.69) is 28.9 Å². The molecular weight excluding hydrogens is 308 g/mol. The Morgan fingerprint density at radius 2 is 2.21 bits per heavy atom. The van der Waals surface area contributed by atoms with Crippen LogP contribution in [0.25, 0.3) is 0 Å². The van der Waals surface area contributed by atoms with Crippen LogP contribution < -0.4 is 4.90 Å². The van der Waals surface area contributed by atoms with Gasteiger partial charge in [-0.05, 0) is 47.5 Å². The Bertz CT molecular complexity index is 483. The third kappa shape index (κ3) is 4.56. The summed E-state index contributed by atoms with van der Waals surface area (Å²) < 4.78 is 5.79. The first-order valence-corrected chi connectivity index (χ1v) is 7.01. The van der Waals surface area contributed by atoms with Crippen molar-refractivity contribution in [3.8, 4) is 6.07 Å². The van der Waals surface area contributed by atoms with Gasteiger partial charge >= 0.3 is 5.97 Å². The van der Waals surface area contributed by atoms with E-state index in [-0.39, 0.29) is 12.5 Å². The lowest BCUT2D eigenvalue weighted by Crippen LogP contribution is -2.32. The largest absolute Gasteiger partial charge is 0.465 e. The van der Waals surface area contributed by atoms with E-state index < -0.39 is 0 Å². The zero-order chi connectivity index (χ0) is 14.3. The summed E-state index contributed by atoms with van der Waals surface area (Å²) in [6.45, 7) is 5.19. The second-order valence-electron chi connectivity index (χ2n) is 4.00. The van der Waals surface area contributed by atoms with Gasteiger partial charge < -0.3 is 9.64 Å². The summed E-state index contributed by atoms with van der Waals surface area (Å²) in [6, 6.07) is 7.43. The number of hydrogen-bond acceptors (Lipinski definition) is 4. The molecule has 0 saturated carbocycles. The van der Waals surface area contributed by atoms with E-state index in [1.165, 1.54) is 0 Å². The van der Waals surface area contributed by atoms with Crippen LogP contribution in [0.3, 0.4) is 0 Å². The summed E-state index contributed by atoms with van der Waals surface area (Å²) in [6.07, 6.45) is 0.922. The number of carbonyl (C=O) groups is 1. The molecule has 0 aliphatic rings. The van der Waals surface area contributed by atoms with Crippen LogP contribution in [0.1, 0.15) is 25.8 Å². The monoisotopic (exact) mass is 324 g/mol. The minimum atomic E-state index is -0.243. The van der Waals surface area contributed by atoms with Crippen molar-refractivity contribution in [2.24, 2.45) is 0 Å². The van der Waals surface area contributed by atoms with E-state index in [4.69, 9.17) is 10.00 Å². The molecule has 1 aromatic rings. The van der Waals surface area contributed by atoms with Gasteiger partial charge in [-0.25, -0.2) is 0 Å². The van der Waals surface area contributed by atoms with Crippen molar-refractivity contribution in [2.75, 3.05) is 24.6 Å². The molecule has 1 aromatic carbocycles. The average Bonchev–Trinajstić information content (AvgIpc) is 2.38. The molecule has 0 unspecified atom stereocenters. The summed E-state index contributed by atoms with van der Waals surface area (Å²) >= 11 is 3.44. The highest BCUT2D eigenvalue weighted by Gasteiger charge is 2.14. The number of ether oxygens (including phenoxy) is 1. The molecule has 0 radical (unpaired) electrons. The summed E-state index contributed by atoms with van der Waals surface area (Å²) in [5.41, 5.74) is 1.48. The molecule has 0 saturated heterocycles. The number of esters is 1. The summed E-state index contributed by atoms with van der Waals surface area (Å²) in [5.74, 6) is -0.243. The maximum atomic E-state index is 11.6. The van der Waals surface area contributed by atoms with E-state index in [1.54, 1.807) is 19.1 Å². The Labute approximate surface area is 122 Å². The van der Waals surface area contributed by atoms with Gasteiger partial charge in [0.1, 0.15) is 6.54 Å². The summed E-state index contributed by atoms with van der Waals surface area (Å²) in [4.78, 5) is 13.6. The highest BCUT2D eigenvalue weighted by molar-refractivity contribution is 9.10. The Morgan fingerprint density at radius 3 is 2.74 bits per heavy atom. The fourth-order valence-corrected chi connectivity index (χ4v) is 2.38. The van der Waals surface area contributed by atoms with E-state index in [9.17, 15) is 4.79 Å². The van der Waals surface area contributed by atoms with Crippen molar-refractivity contribution >= 4 is 27.6 Å². The number of rotatable bonds is 6. The molecule has 0 aliphatic heterocycles. The minimum Gasteiger partial charge on any atom is -0.465 e. The van der Waals surface area contributed by atoms with Gasteiger partial charge in [-0.15, -0.1) is 0 Å². The zero-order valence-electron chi connectivity index (χ0n) is 11.1. The maximum Gasteiger partial charge on any atom is 0.325 e. The second-order valence-corrected chi connectivity index (χ2v) is 4.86. The van der Waals surface area contributed by atoms with Crippen molar-refractivity contribution in [2.45, 2.75) is 20.3 Å². The van der Waals surface area contributed by atoms with Gasteiger partial charge in [-0.1, -0.05) is 6.92 Å².